The highest BCUT2D eigenvalue weighted by atomic mass is 16.4. The number of carbonyl (C=O) groups is 2. The molecule has 0 aliphatic carbocycles. The summed E-state index contributed by atoms with van der Waals surface area (Å²) in [4.78, 5) is 24.0. The minimum atomic E-state index is -0.917. The number of rotatable bonds is 6. The van der Waals surface area contributed by atoms with E-state index in [1.807, 2.05) is 25.1 Å². The first-order chi connectivity index (χ1) is 8.65. The van der Waals surface area contributed by atoms with Crippen LogP contribution in [0.4, 0.5) is 10.5 Å². The van der Waals surface area contributed by atoms with Crippen LogP contribution in [0.5, 0.6) is 0 Å². The van der Waals surface area contributed by atoms with Crippen LogP contribution in [0.25, 0.3) is 0 Å². The third-order valence-electron chi connectivity index (χ3n) is 2.39. The summed E-state index contributed by atoms with van der Waals surface area (Å²) in [5.74, 6) is -0.917. The fourth-order valence-electron chi connectivity index (χ4n) is 1.49. The van der Waals surface area contributed by atoms with E-state index in [-0.39, 0.29) is 19.0 Å². The lowest BCUT2D eigenvalue weighted by molar-refractivity contribution is -0.136. The maximum Gasteiger partial charge on any atom is 0.321 e. The smallest absolute Gasteiger partial charge is 0.321 e. The summed E-state index contributed by atoms with van der Waals surface area (Å²) >= 11 is 0. The lowest BCUT2D eigenvalue weighted by Crippen LogP contribution is -2.41. The van der Waals surface area contributed by atoms with Gasteiger partial charge in [-0.05, 0) is 18.6 Å². The van der Waals surface area contributed by atoms with Gasteiger partial charge in [-0.3, -0.25) is 9.69 Å². The Bertz CT molecular complexity index is 392. The van der Waals surface area contributed by atoms with Crippen LogP contribution in [0, 0.1) is 0 Å². The van der Waals surface area contributed by atoms with Crippen LogP contribution < -0.4 is 10.2 Å². The molecule has 1 aromatic carbocycles. The van der Waals surface area contributed by atoms with Gasteiger partial charge in [-0.25, -0.2) is 4.79 Å². The molecule has 0 aliphatic heterocycles. The van der Waals surface area contributed by atoms with Crippen molar-refractivity contribution >= 4 is 17.7 Å². The Kier molecular flexibility index (Phi) is 5.70. The summed E-state index contributed by atoms with van der Waals surface area (Å²) in [5, 5.41) is 11.5. The minimum Gasteiger partial charge on any atom is -0.481 e. The van der Waals surface area contributed by atoms with E-state index in [0.717, 1.165) is 6.42 Å². The van der Waals surface area contributed by atoms with Crippen molar-refractivity contribution in [2.75, 3.05) is 18.0 Å². The van der Waals surface area contributed by atoms with Gasteiger partial charge in [0.1, 0.15) is 0 Å². The molecule has 98 valence electrons. The van der Waals surface area contributed by atoms with Crippen molar-refractivity contribution < 1.29 is 14.7 Å². The van der Waals surface area contributed by atoms with Crippen molar-refractivity contribution in [3.05, 3.63) is 30.3 Å². The molecule has 0 heterocycles. The molecular formula is C13H18N2O3. The molecule has 1 aromatic rings. The van der Waals surface area contributed by atoms with Crippen LogP contribution in [0.2, 0.25) is 0 Å². The van der Waals surface area contributed by atoms with Gasteiger partial charge < -0.3 is 10.4 Å². The van der Waals surface area contributed by atoms with E-state index >= 15 is 0 Å². The van der Waals surface area contributed by atoms with Gasteiger partial charge in [-0.1, -0.05) is 25.1 Å². The Morgan fingerprint density at radius 2 is 1.94 bits per heavy atom. The van der Waals surface area contributed by atoms with E-state index in [2.05, 4.69) is 5.32 Å². The summed E-state index contributed by atoms with van der Waals surface area (Å²) in [6.45, 7) is 2.70. The van der Waals surface area contributed by atoms with Crippen LogP contribution in [-0.4, -0.2) is 30.2 Å². The molecule has 0 aromatic heterocycles. The molecule has 0 saturated carbocycles. The van der Waals surface area contributed by atoms with E-state index in [0.29, 0.717) is 12.2 Å². The van der Waals surface area contributed by atoms with Crippen LogP contribution in [0.15, 0.2) is 30.3 Å². The molecule has 1 rings (SSSR count). The van der Waals surface area contributed by atoms with Crippen LogP contribution in [0.3, 0.4) is 0 Å². The molecule has 0 fully saturated rings. The van der Waals surface area contributed by atoms with Crippen LogP contribution in [-0.2, 0) is 4.79 Å². The Morgan fingerprint density at radius 1 is 1.28 bits per heavy atom. The number of carbonyl (C=O) groups excluding carboxylic acids is 1. The van der Waals surface area contributed by atoms with Crippen LogP contribution in [0.1, 0.15) is 19.8 Å². The molecule has 0 spiro atoms. The van der Waals surface area contributed by atoms with Gasteiger partial charge in [0, 0.05) is 18.8 Å². The lowest BCUT2D eigenvalue weighted by atomic mass is 10.2. The van der Waals surface area contributed by atoms with Crippen LogP contribution >= 0.6 is 0 Å². The van der Waals surface area contributed by atoms with Gasteiger partial charge in [0.05, 0.1) is 6.42 Å². The third kappa shape index (κ3) is 4.45. The van der Waals surface area contributed by atoms with Gasteiger partial charge in [0.2, 0.25) is 0 Å². The van der Waals surface area contributed by atoms with E-state index in [9.17, 15) is 9.59 Å². The first kappa shape index (κ1) is 14.0. The topological polar surface area (TPSA) is 69.6 Å². The summed E-state index contributed by atoms with van der Waals surface area (Å²) in [7, 11) is 0. The van der Waals surface area contributed by atoms with Gasteiger partial charge in [0.15, 0.2) is 0 Å². The molecule has 18 heavy (non-hydrogen) atoms. The quantitative estimate of drug-likeness (QED) is 0.812. The number of amides is 2. The second-order valence-corrected chi connectivity index (χ2v) is 3.86. The molecule has 0 atom stereocenters. The van der Waals surface area contributed by atoms with Crippen molar-refractivity contribution in [1.29, 1.82) is 0 Å². The summed E-state index contributed by atoms with van der Waals surface area (Å²) in [6, 6.07) is 8.79. The second-order valence-electron chi connectivity index (χ2n) is 3.86. The molecule has 0 aliphatic rings. The van der Waals surface area contributed by atoms with Gasteiger partial charge in [-0.15, -0.1) is 0 Å². The summed E-state index contributed by atoms with van der Waals surface area (Å²) in [5.41, 5.74) is 0.701. The number of nitrogens with one attached hydrogen (secondary N) is 1. The van der Waals surface area contributed by atoms with Crippen molar-refractivity contribution in [1.82, 2.24) is 5.32 Å². The Hall–Kier alpha value is -2.04. The zero-order chi connectivity index (χ0) is 13.4. The number of urea groups is 1. The monoisotopic (exact) mass is 250 g/mol. The van der Waals surface area contributed by atoms with Crippen molar-refractivity contribution in [3.8, 4) is 0 Å². The third-order valence-corrected chi connectivity index (χ3v) is 2.39. The zero-order valence-electron chi connectivity index (χ0n) is 10.4. The number of carboxylic acid groups (broad SMARTS) is 1. The number of para-hydroxylation sites is 1. The first-order valence-electron chi connectivity index (χ1n) is 5.97. The normalized spacial score (nSPS) is 9.83. The number of anilines is 1. The Balaban J connectivity index is 2.74. The van der Waals surface area contributed by atoms with E-state index in [1.54, 1.807) is 12.1 Å². The van der Waals surface area contributed by atoms with E-state index in [1.165, 1.54) is 4.90 Å². The van der Waals surface area contributed by atoms with E-state index in [4.69, 9.17) is 5.11 Å². The second kappa shape index (κ2) is 7.32. The largest absolute Gasteiger partial charge is 0.481 e. The Labute approximate surface area is 106 Å². The highest BCUT2D eigenvalue weighted by Crippen LogP contribution is 2.13. The number of benzene rings is 1. The molecule has 2 amide bonds. The highest BCUT2D eigenvalue weighted by molar-refractivity contribution is 5.92. The van der Waals surface area contributed by atoms with Crippen molar-refractivity contribution in [2.24, 2.45) is 0 Å². The average molecular weight is 250 g/mol. The highest BCUT2D eigenvalue weighted by Gasteiger charge is 2.15. The molecule has 0 radical (unpaired) electrons. The SMILES string of the molecule is CCCNC(=O)N(CCC(=O)O)c1ccccc1. The maximum absolute atomic E-state index is 11.9. The number of hydrogen-bond donors (Lipinski definition) is 2. The molecule has 0 saturated heterocycles. The predicted molar refractivity (Wildman–Crippen MR) is 69.7 cm³/mol. The number of carboxylic acids is 1. The number of aliphatic carboxylic acids is 1. The molecule has 0 bridgehead atoms. The minimum absolute atomic E-state index is 0.0750. The fraction of sp³-hybridized carbons (Fsp3) is 0.385. The van der Waals surface area contributed by atoms with Gasteiger partial charge in [0.25, 0.3) is 0 Å². The molecular weight excluding hydrogens is 232 g/mol. The van der Waals surface area contributed by atoms with Gasteiger partial charge in [-0.2, -0.15) is 0 Å². The molecule has 5 heteroatoms. The molecule has 0 unspecified atom stereocenters. The standard InChI is InChI=1S/C13H18N2O3/c1-2-9-14-13(18)15(10-8-12(16)17)11-6-4-3-5-7-11/h3-7H,2,8-10H2,1H3,(H,14,18)(H,16,17). The summed E-state index contributed by atoms with van der Waals surface area (Å²) < 4.78 is 0. The van der Waals surface area contributed by atoms with E-state index < -0.39 is 5.97 Å². The maximum atomic E-state index is 11.9. The first-order valence-corrected chi connectivity index (χ1v) is 5.97. The zero-order valence-corrected chi connectivity index (χ0v) is 10.4. The van der Waals surface area contributed by atoms with Crippen molar-refractivity contribution in [2.45, 2.75) is 19.8 Å². The fourth-order valence-corrected chi connectivity index (χ4v) is 1.49. The number of hydrogen-bond acceptors (Lipinski definition) is 2. The summed E-state index contributed by atoms with van der Waals surface area (Å²) in [6.07, 6.45) is 0.766. The van der Waals surface area contributed by atoms with Crippen molar-refractivity contribution in [3.63, 3.8) is 0 Å². The molecule has 5 nitrogen and oxygen atoms in total. The molecule has 2 N–H and O–H groups in total. The van der Waals surface area contributed by atoms with Gasteiger partial charge >= 0.3 is 12.0 Å². The average Bonchev–Trinajstić information content (AvgIpc) is 2.37. The number of nitrogens with zero attached hydrogens (tertiary/aromatic N) is 1. The predicted octanol–water partition coefficient (Wildman–Crippen LogP) is 2.09. The Morgan fingerprint density at radius 3 is 2.50 bits per heavy atom. The lowest BCUT2D eigenvalue weighted by Gasteiger charge is -2.22.